The normalized spacial score (nSPS) is 23.0. The first kappa shape index (κ1) is 23.2. The van der Waals surface area contributed by atoms with E-state index in [4.69, 9.17) is 0 Å². The summed E-state index contributed by atoms with van der Waals surface area (Å²) in [6.07, 6.45) is 5.18. The molecule has 1 amide bonds. The third kappa shape index (κ3) is 4.72. The average molecular weight is 456 g/mol. The third-order valence-corrected chi connectivity index (χ3v) is 9.00. The van der Waals surface area contributed by atoms with E-state index in [2.05, 4.69) is 36.0 Å². The summed E-state index contributed by atoms with van der Waals surface area (Å²) in [5.41, 5.74) is 4.10. The van der Waals surface area contributed by atoms with Crippen molar-refractivity contribution in [2.75, 3.05) is 13.1 Å². The molecule has 4 rings (SSSR count). The van der Waals surface area contributed by atoms with E-state index in [1.807, 2.05) is 25.3 Å². The van der Waals surface area contributed by atoms with Crippen LogP contribution in [0.1, 0.15) is 83.1 Å². The maximum Gasteiger partial charge on any atom is 0.253 e. The van der Waals surface area contributed by atoms with E-state index < -0.39 is 0 Å². The van der Waals surface area contributed by atoms with Gasteiger partial charge in [0.15, 0.2) is 0 Å². The second-order valence-electron chi connectivity index (χ2n) is 10.2. The lowest BCUT2D eigenvalue weighted by molar-refractivity contribution is 0.0339. The molecule has 174 valence electrons. The van der Waals surface area contributed by atoms with Gasteiger partial charge in [-0.05, 0) is 81.4 Å². The van der Waals surface area contributed by atoms with E-state index in [-0.39, 0.29) is 18.0 Å². The van der Waals surface area contributed by atoms with Crippen LogP contribution >= 0.6 is 11.3 Å². The summed E-state index contributed by atoms with van der Waals surface area (Å²) < 4.78 is 0. The predicted molar refractivity (Wildman–Crippen MR) is 132 cm³/mol. The van der Waals surface area contributed by atoms with Crippen LogP contribution in [0.2, 0.25) is 0 Å². The van der Waals surface area contributed by atoms with Gasteiger partial charge in [0.1, 0.15) is 0 Å². The first-order valence-electron chi connectivity index (χ1n) is 12.0. The van der Waals surface area contributed by atoms with Gasteiger partial charge in [0.2, 0.25) is 0 Å². The van der Waals surface area contributed by atoms with E-state index in [1.165, 1.54) is 43.6 Å². The lowest BCUT2D eigenvalue weighted by Gasteiger charge is -2.46. The predicted octanol–water partition coefficient (Wildman–Crippen LogP) is 4.91. The van der Waals surface area contributed by atoms with Crippen LogP contribution in [-0.4, -0.2) is 34.9 Å². The van der Waals surface area contributed by atoms with Gasteiger partial charge in [0.05, 0.1) is 5.56 Å². The SMILES string of the molecule is Cc1cc(C)c(CNC(=O)c2csc([C@H](C)C3CCC(N4CC(C)C4)CC3)c2C)c(=O)[nH]1. The number of pyridine rings is 1. The summed E-state index contributed by atoms with van der Waals surface area (Å²) >= 11 is 1.72. The molecule has 2 N–H and O–H groups in total. The van der Waals surface area contributed by atoms with E-state index in [1.54, 1.807) is 11.3 Å². The highest BCUT2D eigenvalue weighted by atomic mass is 32.1. The van der Waals surface area contributed by atoms with Crippen molar-refractivity contribution in [1.29, 1.82) is 0 Å². The highest BCUT2D eigenvalue weighted by molar-refractivity contribution is 7.10. The van der Waals surface area contributed by atoms with Crippen molar-refractivity contribution in [3.63, 3.8) is 0 Å². The van der Waals surface area contributed by atoms with Gasteiger partial charge in [-0.3, -0.25) is 14.5 Å². The van der Waals surface area contributed by atoms with Crippen LogP contribution in [0.15, 0.2) is 16.2 Å². The molecule has 0 spiro atoms. The van der Waals surface area contributed by atoms with E-state index in [0.29, 0.717) is 17.4 Å². The highest BCUT2D eigenvalue weighted by Crippen LogP contribution is 2.41. The van der Waals surface area contributed by atoms with E-state index in [9.17, 15) is 9.59 Å². The van der Waals surface area contributed by atoms with E-state index >= 15 is 0 Å². The van der Waals surface area contributed by atoms with Gasteiger partial charge in [0, 0.05) is 47.2 Å². The molecule has 1 saturated heterocycles. The molecule has 0 unspecified atom stereocenters. The first-order valence-corrected chi connectivity index (χ1v) is 12.9. The monoisotopic (exact) mass is 455 g/mol. The summed E-state index contributed by atoms with van der Waals surface area (Å²) in [4.78, 5) is 32.0. The molecular formula is C26H37N3O2S. The minimum atomic E-state index is -0.123. The number of aryl methyl sites for hydroxylation is 2. The third-order valence-electron chi connectivity index (χ3n) is 7.71. The van der Waals surface area contributed by atoms with Gasteiger partial charge in [0.25, 0.3) is 11.5 Å². The number of rotatable bonds is 6. The Morgan fingerprint density at radius 2 is 1.91 bits per heavy atom. The van der Waals surface area contributed by atoms with Crippen LogP contribution < -0.4 is 10.9 Å². The number of carbonyl (C=O) groups excluding carboxylic acids is 1. The Balaban J connectivity index is 1.36. The molecule has 1 aliphatic heterocycles. The fourth-order valence-electron chi connectivity index (χ4n) is 5.70. The van der Waals surface area contributed by atoms with Crippen molar-refractivity contribution >= 4 is 17.2 Å². The molecule has 2 aliphatic rings. The molecule has 2 fully saturated rings. The van der Waals surface area contributed by atoms with Gasteiger partial charge in [-0.1, -0.05) is 13.8 Å². The van der Waals surface area contributed by atoms with Crippen LogP contribution in [0.25, 0.3) is 0 Å². The number of hydrogen-bond acceptors (Lipinski definition) is 4. The summed E-state index contributed by atoms with van der Waals surface area (Å²) in [5.74, 6) is 1.97. The van der Waals surface area contributed by atoms with Crippen molar-refractivity contribution in [2.24, 2.45) is 11.8 Å². The number of thiophene rings is 1. The molecular weight excluding hydrogens is 418 g/mol. The van der Waals surface area contributed by atoms with Crippen molar-refractivity contribution in [3.8, 4) is 0 Å². The smallest absolute Gasteiger partial charge is 0.253 e. The molecule has 1 atom stereocenters. The number of aromatic nitrogens is 1. The van der Waals surface area contributed by atoms with Crippen LogP contribution in [0.5, 0.6) is 0 Å². The van der Waals surface area contributed by atoms with Crippen LogP contribution in [0.3, 0.4) is 0 Å². The molecule has 0 radical (unpaired) electrons. The van der Waals surface area contributed by atoms with Gasteiger partial charge < -0.3 is 10.3 Å². The summed E-state index contributed by atoms with van der Waals surface area (Å²) in [6.45, 7) is 13.4. The number of hydrogen-bond donors (Lipinski definition) is 2. The summed E-state index contributed by atoms with van der Waals surface area (Å²) in [7, 11) is 0. The topological polar surface area (TPSA) is 65.2 Å². The van der Waals surface area contributed by atoms with Gasteiger partial charge >= 0.3 is 0 Å². The fourth-order valence-corrected chi connectivity index (χ4v) is 6.92. The van der Waals surface area contributed by atoms with Crippen LogP contribution in [-0.2, 0) is 6.54 Å². The Kier molecular flexibility index (Phi) is 6.91. The van der Waals surface area contributed by atoms with Crippen molar-refractivity contribution in [2.45, 2.75) is 78.8 Å². The molecule has 0 aromatic carbocycles. The minimum absolute atomic E-state index is 0.0906. The molecule has 2 aromatic rings. The molecule has 6 heteroatoms. The van der Waals surface area contributed by atoms with Gasteiger partial charge in [-0.2, -0.15) is 0 Å². The van der Waals surface area contributed by atoms with Crippen LogP contribution in [0.4, 0.5) is 0 Å². The maximum absolute atomic E-state index is 12.9. The minimum Gasteiger partial charge on any atom is -0.348 e. The van der Waals surface area contributed by atoms with Crippen LogP contribution in [0, 0.1) is 32.6 Å². The Morgan fingerprint density at radius 3 is 2.53 bits per heavy atom. The quantitative estimate of drug-likeness (QED) is 0.651. The summed E-state index contributed by atoms with van der Waals surface area (Å²) in [5, 5.41) is 4.96. The molecule has 3 heterocycles. The summed E-state index contributed by atoms with van der Waals surface area (Å²) in [6, 6.07) is 2.73. The highest BCUT2D eigenvalue weighted by Gasteiger charge is 2.34. The van der Waals surface area contributed by atoms with Crippen molar-refractivity contribution in [3.05, 3.63) is 54.6 Å². The van der Waals surface area contributed by atoms with E-state index in [0.717, 1.165) is 34.3 Å². The number of H-pyrrole nitrogens is 1. The molecule has 1 aliphatic carbocycles. The number of nitrogens with zero attached hydrogens (tertiary/aromatic N) is 1. The number of amides is 1. The first-order chi connectivity index (χ1) is 15.2. The number of carbonyl (C=O) groups is 1. The second-order valence-corrected chi connectivity index (χ2v) is 11.1. The fraction of sp³-hybridized carbons (Fsp3) is 0.615. The zero-order valence-electron chi connectivity index (χ0n) is 20.1. The standard InChI is InChI=1S/C26H37N3O2S/c1-15-12-29(13-15)21-8-6-20(7-9-21)18(4)24-19(5)23(14-32-24)25(30)27-11-22-16(2)10-17(3)28-26(22)31/h10,14-15,18,20-21H,6-9,11-13H2,1-5H3,(H,27,30)(H,28,31)/t18-,20?,21?/m1/s1. The van der Waals surface area contributed by atoms with Gasteiger partial charge in [-0.25, -0.2) is 0 Å². The zero-order chi connectivity index (χ0) is 23.0. The largest absolute Gasteiger partial charge is 0.348 e. The Hall–Kier alpha value is -1.92. The number of aromatic amines is 1. The van der Waals surface area contributed by atoms with Crippen molar-refractivity contribution in [1.82, 2.24) is 15.2 Å². The molecule has 2 aromatic heterocycles. The lowest BCUT2D eigenvalue weighted by atomic mass is 9.76. The molecule has 32 heavy (non-hydrogen) atoms. The van der Waals surface area contributed by atoms with Gasteiger partial charge in [-0.15, -0.1) is 11.3 Å². The Bertz CT molecular complexity index is 1030. The molecule has 0 bridgehead atoms. The molecule has 5 nitrogen and oxygen atoms in total. The maximum atomic E-state index is 12.9. The number of nitrogens with one attached hydrogen (secondary N) is 2. The average Bonchev–Trinajstić information content (AvgIpc) is 3.11. The lowest BCUT2D eigenvalue weighted by Crippen LogP contribution is -2.52. The molecule has 1 saturated carbocycles. The zero-order valence-corrected chi connectivity index (χ0v) is 20.9. The Morgan fingerprint density at radius 1 is 1.22 bits per heavy atom. The second kappa shape index (κ2) is 9.52. The Labute approximate surface area is 195 Å². The van der Waals surface area contributed by atoms with Crippen molar-refractivity contribution < 1.29 is 4.79 Å². The number of likely N-dealkylation sites (tertiary alicyclic amines) is 1.